The van der Waals surface area contributed by atoms with Crippen LogP contribution in [0.2, 0.25) is 10.0 Å². The Bertz CT molecular complexity index is 1060. The molecule has 0 saturated heterocycles. The molecule has 1 heterocycles. The first-order valence-electron chi connectivity index (χ1n) is 8.83. The molecule has 0 bridgehead atoms. The fourth-order valence-corrected chi connectivity index (χ4v) is 4.27. The van der Waals surface area contributed by atoms with Crippen LogP contribution in [0.15, 0.2) is 71.3 Å². The third-order valence-corrected chi connectivity index (χ3v) is 5.81. The Balaban J connectivity index is 1.80. The van der Waals surface area contributed by atoms with Crippen LogP contribution in [0.25, 0.3) is 0 Å². The molecular formula is C22H16Cl2N2O2. The number of halogens is 2. The molecule has 2 N–H and O–H groups in total. The summed E-state index contributed by atoms with van der Waals surface area (Å²) in [7, 11) is 0. The highest BCUT2D eigenvalue weighted by Crippen LogP contribution is 2.47. The SMILES string of the molecule is N#CC1=C(N)OC2=C(C(=O)C[C@@H](c3ccc(Cl)cc3)C2)[C@@H]1c1ccccc1Cl. The van der Waals surface area contributed by atoms with Crippen LogP contribution in [-0.4, -0.2) is 5.78 Å². The summed E-state index contributed by atoms with van der Waals surface area (Å²) < 4.78 is 5.76. The van der Waals surface area contributed by atoms with Gasteiger partial charge in [0.1, 0.15) is 17.4 Å². The van der Waals surface area contributed by atoms with E-state index in [2.05, 4.69) is 6.07 Å². The molecule has 0 amide bonds. The molecule has 0 unspecified atom stereocenters. The molecule has 1 aliphatic heterocycles. The third kappa shape index (κ3) is 3.17. The van der Waals surface area contributed by atoms with E-state index >= 15 is 0 Å². The first kappa shape index (κ1) is 18.6. The first-order valence-corrected chi connectivity index (χ1v) is 9.59. The molecule has 4 nitrogen and oxygen atoms in total. The standard InChI is InChI=1S/C22H16Cl2N2O2/c23-14-7-5-12(6-8-14)13-9-18(27)21-19(10-13)28-22(26)16(11-25)20(21)15-3-1-2-4-17(15)24/h1-8,13,20H,9-10,26H2/t13-,20-/m1/s1. The number of Topliss-reactive ketones (excluding diaryl/α,β-unsaturated/α-hetero) is 1. The van der Waals surface area contributed by atoms with E-state index in [9.17, 15) is 10.1 Å². The number of nitrogens with zero attached hydrogens (tertiary/aromatic N) is 1. The van der Waals surface area contributed by atoms with Crippen molar-refractivity contribution in [1.29, 1.82) is 5.26 Å². The van der Waals surface area contributed by atoms with Gasteiger partial charge in [0.2, 0.25) is 5.88 Å². The van der Waals surface area contributed by atoms with Gasteiger partial charge in [-0.3, -0.25) is 4.79 Å². The van der Waals surface area contributed by atoms with Crippen LogP contribution in [0.3, 0.4) is 0 Å². The zero-order valence-electron chi connectivity index (χ0n) is 14.8. The van der Waals surface area contributed by atoms with Gasteiger partial charge in [-0.15, -0.1) is 0 Å². The molecular weight excluding hydrogens is 395 g/mol. The fourth-order valence-electron chi connectivity index (χ4n) is 3.90. The van der Waals surface area contributed by atoms with Gasteiger partial charge in [0.25, 0.3) is 0 Å². The van der Waals surface area contributed by atoms with Crippen LogP contribution < -0.4 is 5.73 Å². The van der Waals surface area contributed by atoms with Crippen LogP contribution in [-0.2, 0) is 9.53 Å². The van der Waals surface area contributed by atoms with E-state index in [1.807, 2.05) is 36.4 Å². The number of benzene rings is 2. The number of hydrogen-bond acceptors (Lipinski definition) is 4. The number of nitriles is 1. The Morgan fingerprint density at radius 1 is 1.07 bits per heavy atom. The number of carbonyl (C=O) groups excluding carboxylic acids is 1. The molecule has 2 aliphatic rings. The van der Waals surface area contributed by atoms with E-state index in [0.29, 0.717) is 39.8 Å². The summed E-state index contributed by atoms with van der Waals surface area (Å²) in [4.78, 5) is 13.2. The van der Waals surface area contributed by atoms with Gasteiger partial charge in [0.15, 0.2) is 5.78 Å². The Morgan fingerprint density at radius 2 is 1.79 bits per heavy atom. The van der Waals surface area contributed by atoms with Crippen molar-refractivity contribution >= 4 is 29.0 Å². The minimum absolute atomic E-state index is 0.0238. The maximum Gasteiger partial charge on any atom is 0.205 e. The number of nitrogens with two attached hydrogens (primary N) is 1. The number of allylic oxidation sites excluding steroid dienone is 3. The Kier molecular flexibility index (Phi) is 4.89. The predicted octanol–water partition coefficient (Wildman–Crippen LogP) is 5.20. The summed E-state index contributed by atoms with van der Waals surface area (Å²) in [5.74, 6) is -0.173. The maximum absolute atomic E-state index is 13.2. The quantitative estimate of drug-likeness (QED) is 0.737. The topological polar surface area (TPSA) is 76.1 Å². The van der Waals surface area contributed by atoms with Crippen molar-refractivity contribution in [3.63, 3.8) is 0 Å². The van der Waals surface area contributed by atoms with Gasteiger partial charge in [0, 0.05) is 28.5 Å². The number of carbonyl (C=O) groups is 1. The van der Waals surface area contributed by atoms with Crippen molar-refractivity contribution in [2.45, 2.75) is 24.7 Å². The molecule has 2 atom stereocenters. The summed E-state index contributed by atoms with van der Waals surface area (Å²) in [5, 5.41) is 10.8. The Labute approximate surface area is 172 Å². The minimum Gasteiger partial charge on any atom is -0.444 e. The zero-order chi connectivity index (χ0) is 19.8. The average molecular weight is 411 g/mol. The molecule has 4 rings (SSSR count). The summed E-state index contributed by atoms with van der Waals surface area (Å²) >= 11 is 12.4. The van der Waals surface area contributed by atoms with E-state index in [4.69, 9.17) is 33.7 Å². The zero-order valence-corrected chi connectivity index (χ0v) is 16.3. The third-order valence-electron chi connectivity index (χ3n) is 5.22. The number of ketones is 1. The molecule has 140 valence electrons. The second kappa shape index (κ2) is 7.35. The summed E-state index contributed by atoms with van der Waals surface area (Å²) in [6, 6.07) is 16.7. The molecule has 0 fully saturated rings. The highest BCUT2D eigenvalue weighted by molar-refractivity contribution is 6.31. The lowest BCUT2D eigenvalue weighted by atomic mass is 9.73. The van der Waals surface area contributed by atoms with E-state index in [1.54, 1.807) is 12.1 Å². The van der Waals surface area contributed by atoms with Crippen molar-refractivity contribution in [2.75, 3.05) is 0 Å². The van der Waals surface area contributed by atoms with E-state index < -0.39 is 5.92 Å². The molecule has 2 aromatic rings. The molecule has 0 aromatic heterocycles. The Morgan fingerprint density at radius 3 is 2.46 bits per heavy atom. The highest BCUT2D eigenvalue weighted by atomic mass is 35.5. The predicted molar refractivity (Wildman–Crippen MR) is 108 cm³/mol. The lowest BCUT2D eigenvalue weighted by Crippen LogP contribution is -2.30. The monoisotopic (exact) mass is 410 g/mol. The molecule has 6 heteroatoms. The van der Waals surface area contributed by atoms with Crippen molar-refractivity contribution < 1.29 is 9.53 Å². The van der Waals surface area contributed by atoms with Crippen molar-refractivity contribution in [3.8, 4) is 6.07 Å². The smallest absolute Gasteiger partial charge is 0.205 e. The van der Waals surface area contributed by atoms with Crippen LogP contribution in [0.1, 0.15) is 35.8 Å². The number of ether oxygens (including phenoxy) is 1. The van der Waals surface area contributed by atoms with Crippen LogP contribution in [0.5, 0.6) is 0 Å². The second-order valence-corrected chi connectivity index (χ2v) is 7.71. The first-order chi connectivity index (χ1) is 13.5. The minimum atomic E-state index is -0.610. The van der Waals surface area contributed by atoms with Gasteiger partial charge >= 0.3 is 0 Å². The van der Waals surface area contributed by atoms with Crippen molar-refractivity contribution in [3.05, 3.63) is 92.5 Å². The van der Waals surface area contributed by atoms with Gasteiger partial charge < -0.3 is 10.5 Å². The van der Waals surface area contributed by atoms with Gasteiger partial charge in [-0.05, 0) is 35.2 Å². The molecule has 1 aliphatic carbocycles. The molecule has 0 saturated carbocycles. The normalized spacial score (nSPS) is 21.8. The highest BCUT2D eigenvalue weighted by Gasteiger charge is 2.41. The number of hydrogen-bond donors (Lipinski definition) is 1. The summed E-state index contributed by atoms with van der Waals surface area (Å²) in [6.07, 6.45) is 0.840. The molecule has 28 heavy (non-hydrogen) atoms. The fraction of sp³-hybridized carbons (Fsp3) is 0.182. The van der Waals surface area contributed by atoms with E-state index in [-0.39, 0.29) is 23.2 Å². The van der Waals surface area contributed by atoms with E-state index in [0.717, 1.165) is 5.56 Å². The summed E-state index contributed by atoms with van der Waals surface area (Å²) in [6.45, 7) is 0. The van der Waals surface area contributed by atoms with Gasteiger partial charge in [-0.2, -0.15) is 5.26 Å². The molecule has 2 aromatic carbocycles. The summed E-state index contributed by atoms with van der Waals surface area (Å²) in [5.41, 5.74) is 8.43. The van der Waals surface area contributed by atoms with Gasteiger partial charge in [0.05, 0.1) is 5.92 Å². The average Bonchev–Trinajstić information content (AvgIpc) is 2.68. The van der Waals surface area contributed by atoms with Crippen LogP contribution >= 0.6 is 23.2 Å². The maximum atomic E-state index is 13.2. The van der Waals surface area contributed by atoms with E-state index in [1.165, 1.54) is 0 Å². The molecule has 0 radical (unpaired) electrons. The van der Waals surface area contributed by atoms with Crippen molar-refractivity contribution in [2.24, 2.45) is 5.73 Å². The van der Waals surface area contributed by atoms with Gasteiger partial charge in [-0.1, -0.05) is 53.5 Å². The van der Waals surface area contributed by atoms with Crippen LogP contribution in [0, 0.1) is 11.3 Å². The molecule has 0 spiro atoms. The lowest BCUT2D eigenvalue weighted by Gasteiger charge is -2.34. The number of rotatable bonds is 2. The van der Waals surface area contributed by atoms with Crippen LogP contribution in [0.4, 0.5) is 0 Å². The van der Waals surface area contributed by atoms with Crippen molar-refractivity contribution in [1.82, 2.24) is 0 Å². The largest absolute Gasteiger partial charge is 0.444 e. The second-order valence-electron chi connectivity index (χ2n) is 6.86. The Hall–Kier alpha value is -2.74. The lowest BCUT2D eigenvalue weighted by molar-refractivity contribution is -0.117. The van der Waals surface area contributed by atoms with Gasteiger partial charge in [-0.25, -0.2) is 0 Å².